The van der Waals surface area contributed by atoms with Crippen LogP contribution in [-0.4, -0.2) is 15.6 Å². The Balaban J connectivity index is 2.22. The average Bonchev–Trinajstić information content (AvgIpc) is 2.63. The van der Waals surface area contributed by atoms with E-state index in [1.54, 1.807) is 25.1 Å². The Bertz CT molecular complexity index is 661. The number of rotatable bonds is 4. The number of hydrogen-bond acceptors (Lipinski definition) is 3. The van der Waals surface area contributed by atoms with Gasteiger partial charge in [-0.25, -0.2) is 0 Å². The molecule has 2 rings (SSSR count). The van der Waals surface area contributed by atoms with Gasteiger partial charge in [0.1, 0.15) is 0 Å². The van der Waals surface area contributed by atoms with Crippen molar-refractivity contribution < 1.29 is 4.79 Å². The minimum Gasteiger partial charge on any atom is -0.380 e. The normalized spacial score (nSPS) is 10.7. The number of ketones is 1. The Morgan fingerprint density at radius 3 is 2.65 bits per heavy atom. The summed E-state index contributed by atoms with van der Waals surface area (Å²) in [7, 11) is 1.93. The van der Waals surface area contributed by atoms with Crippen molar-refractivity contribution in [3.8, 4) is 0 Å². The molecule has 0 saturated heterocycles. The molecule has 1 heterocycles. The molecule has 2 aromatic rings. The van der Waals surface area contributed by atoms with Crippen molar-refractivity contribution in [1.29, 1.82) is 0 Å². The van der Waals surface area contributed by atoms with E-state index in [0.717, 1.165) is 22.6 Å². The van der Waals surface area contributed by atoms with Gasteiger partial charge in [0.15, 0.2) is 5.78 Å². The topological polar surface area (TPSA) is 46.9 Å². The van der Waals surface area contributed by atoms with Gasteiger partial charge in [-0.15, -0.1) is 0 Å². The number of nitrogens with zero attached hydrogens (tertiary/aromatic N) is 2. The molecular weight excluding hydrogens is 274 g/mol. The summed E-state index contributed by atoms with van der Waals surface area (Å²) in [6.07, 6.45) is 0. The van der Waals surface area contributed by atoms with E-state index in [0.29, 0.717) is 17.1 Å². The number of aryl methyl sites for hydroxylation is 2. The van der Waals surface area contributed by atoms with E-state index in [2.05, 4.69) is 10.4 Å². The lowest BCUT2D eigenvalue weighted by Gasteiger charge is -2.10. The van der Waals surface area contributed by atoms with Crippen LogP contribution in [0.5, 0.6) is 0 Å². The average molecular weight is 292 g/mol. The molecule has 106 valence electrons. The van der Waals surface area contributed by atoms with Gasteiger partial charge in [-0.1, -0.05) is 11.6 Å². The maximum atomic E-state index is 11.4. The molecule has 1 aromatic carbocycles. The summed E-state index contributed by atoms with van der Waals surface area (Å²) in [5, 5.41) is 8.27. The highest BCUT2D eigenvalue weighted by atomic mass is 35.5. The van der Waals surface area contributed by atoms with E-state index in [9.17, 15) is 4.79 Å². The Morgan fingerprint density at radius 2 is 2.10 bits per heavy atom. The van der Waals surface area contributed by atoms with Gasteiger partial charge >= 0.3 is 0 Å². The van der Waals surface area contributed by atoms with Gasteiger partial charge in [0.05, 0.1) is 16.4 Å². The van der Waals surface area contributed by atoms with Crippen molar-refractivity contribution in [1.82, 2.24) is 9.78 Å². The number of Topliss-reactive ketones (excluding diaryl/α,β-unsaturated/α-hetero) is 1. The molecule has 0 aliphatic carbocycles. The predicted octanol–water partition coefficient (Wildman–Crippen LogP) is 3.51. The fourth-order valence-electron chi connectivity index (χ4n) is 2.14. The monoisotopic (exact) mass is 291 g/mol. The highest BCUT2D eigenvalue weighted by Crippen LogP contribution is 2.24. The van der Waals surface area contributed by atoms with Gasteiger partial charge < -0.3 is 5.32 Å². The molecule has 0 bridgehead atoms. The lowest BCUT2D eigenvalue weighted by atomic mass is 10.1. The second-order valence-corrected chi connectivity index (χ2v) is 5.28. The van der Waals surface area contributed by atoms with Crippen LogP contribution in [0.25, 0.3) is 0 Å². The zero-order valence-electron chi connectivity index (χ0n) is 12.1. The highest BCUT2D eigenvalue weighted by Gasteiger charge is 2.10. The molecular formula is C15H18ClN3O. The van der Waals surface area contributed by atoms with E-state index in [4.69, 9.17) is 11.6 Å². The summed E-state index contributed by atoms with van der Waals surface area (Å²) >= 11 is 6.16. The Hall–Kier alpha value is -1.81. The van der Waals surface area contributed by atoms with E-state index >= 15 is 0 Å². The first-order valence-corrected chi connectivity index (χ1v) is 6.81. The van der Waals surface area contributed by atoms with Crippen molar-refractivity contribution in [3.05, 3.63) is 45.7 Å². The summed E-state index contributed by atoms with van der Waals surface area (Å²) in [5.41, 5.74) is 4.68. The molecule has 0 amide bonds. The van der Waals surface area contributed by atoms with Gasteiger partial charge in [0, 0.05) is 30.4 Å². The van der Waals surface area contributed by atoms with Crippen LogP contribution in [0.3, 0.4) is 0 Å². The molecule has 5 heteroatoms. The fourth-order valence-corrected chi connectivity index (χ4v) is 2.32. The maximum Gasteiger partial charge on any atom is 0.159 e. The van der Waals surface area contributed by atoms with Gasteiger partial charge in [0.25, 0.3) is 0 Å². The van der Waals surface area contributed by atoms with Crippen molar-refractivity contribution in [2.45, 2.75) is 27.3 Å². The number of benzene rings is 1. The molecule has 1 aromatic heterocycles. The van der Waals surface area contributed by atoms with Crippen LogP contribution in [-0.2, 0) is 13.6 Å². The minimum absolute atomic E-state index is 0.0263. The number of nitrogens with one attached hydrogen (secondary N) is 1. The third kappa shape index (κ3) is 2.85. The van der Waals surface area contributed by atoms with Crippen LogP contribution in [0.2, 0.25) is 5.02 Å². The third-order valence-electron chi connectivity index (χ3n) is 3.49. The number of hydrogen-bond donors (Lipinski definition) is 1. The van der Waals surface area contributed by atoms with Crippen molar-refractivity contribution >= 4 is 23.1 Å². The fraction of sp³-hybridized carbons (Fsp3) is 0.333. The predicted molar refractivity (Wildman–Crippen MR) is 81.5 cm³/mol. The lowest BCUT2D eigenvalue weighted by Crippen LogP contribution is -2.04. The smallest absolute Gasteiger partial charge is 0.159 e. The molecule has 0 atom stereocenters. The van der Waals surface area contributed by atoms with Gasteiger partial charge in [-0.3, -0.25) is 9.48 Å². The first kappa shape index (κ1) is 14.6. The molecule has 4 nitrogen and oxygen atoms in total. The number of aromatic nitrogens is 2. The van der Waals surface area contributed by atoms with Crippen molar-refractivity contribution in [3.63, 3.8) is 0 Å². The standard InChI is InChI=1S/C15H18ClN3O/c1-9-13(10(2)19(4)18-9)8-17-15-7-12(11(3)20)5-6-14(15)16/h5-7,17H,8H2,1-4H3. The van der Waals surface area contributed by atoms with Gasteiger partial charge in [-0.05, 0) is 39.0 Å². The molecule has 0 radical (unpaired) electrons. The second kappa shape index (κ2) is 5.67. The molecule has 0 saturated carbocycles. The lowest BCUT2D eigenvalue weighted by molar-refractivity contribution is 0.101. The van der Waals surface area contributed by atoms with Crippen LogP contribution in [0.4, 0.5) is 5.69 Å². The first-order valence-electron chi connectivity index (χ1n) is 6.43. The van der Waals surface area contributed by atoms with E-state index in [1.165, 1.54) is 0 Å². The molecule has 0 aliphatic heterocycles. The van der Waals surface area contributed by atoms with E-state index in [1.807, 2.05) is 25.6 Å². The highest BCUT2D eigenvalue weighted by molar-refractivity contribution is 6.33. The van der Waals surface area contributed by atoms with Crippen LogP contribution < -0.4 is 5.32 Å². The zero-order valence-corrected chi connectivity index (χ0v) is 12.9. The zero-order chi connectivity index (χ0) is 14.9. The first-order chi connectivity index (χ1) is 9.40. The number of anilines is 1. The molecule has 0 spiro atoms. The van der Waals surface area contributed by atoms with E-state index < -0.39 is 0 Å². The SMILES string of the molecule is CC(=O)c1ccc(Cl)c(NCc2c(C)nn(C)c2C)c1. The van der Waals surface area contributed by atoms with Gasteiger partial charge in [0.2, 0.25) is 0 Å². The van der Waals surface area contributed by atoms with Crippen LogP contribution in [0, 0.1) is 13.8 Å². The molecule has 0 unspecified atom stereocenters. The summed E-state index contributed by atoms with van der Waals surface area (Å²) in [6.45, 7) is 6.19. The quantitative estimate of drug-likeness (QED) is 0.877. The molecule has 20 heavy (non-hydrogen) atoms. The summed E-state index contributed by atoms with van der Waals surface area (Å²) in [5.74, 6) is 0.0263. The van der Waals surface area contributed by atoms with E-state index in [-0.39, 0.29) is 5.78 Å². The molecule has 0 aliphatic rings. The molecule has 1 N–H and O–H groups in total. The molecule has 0 fully saturated rings. The third-order valence-corrected chi connectivity index (χ3v) is 3.82. The Morgan fingerprint density at radius 1 is 1.40 bits per heavy atom. The van der Waals surface area contributed by atoms with Gasteiger partial charge in [-0.2, -0.15) is 5.10 Å². The summed E-state index contributed by atoms with van der Waals surface area (Å²) < 4.78 is 1.86. The summed E-state index contributed by atoms with van der Waals surface area (Å²) in [4.78, 5) is 11.4. The number of halogens is 1. The minimum atomic E-state index is 0.0263. The van der Waals surface area contributed by atoms with Crippen LogP contribution in [0.15, 0.2) is 18.2 Å². The number of carbonyl (C=O) groups is 1. The second-order valence-electron chi connectivity index (χ2n) is 4.88. The Labute approximate surface area is 123 Å². The van der Waals surface area contributed by atoms with Crippen LogP contribution >= 0.6 is 11.6 Å². The van der Waals surface area contributed by atoms with Crippen LogP contribution in [0.1, 0.15) is 34.2 Å². The Kier molecular flexibility index (Phi) is 4.14. The van der Waals surface area contributed by atoms with Crippen molar-refractivity contribution in [2.75, 3.05) is 5.32 Å². The van der Waals surface area contributed by atoms with Crippen molar-refractivity contribution in [2.24, 2.45) is 7.05 Å². The summed E-state index contributed by atoms with van der Waals surface area (Å²) in [6, 6.07) is 5.26. The largest absolute Gasteiger partial charge is 0.380 e. The number of carbonyl (C=O) groups excluding carboxylic acids is 1. The maximum absolute atomic E-state index is 11.4.